The molecule has 0 unspecified atom stereocenters. The van der Waals surface area contributed by atoms with Crippen LogP contribution in [0, 0.1) is 0 Å². The lowest BCUT2D eigenvalue weighted by atomic mass is 9.97. The molecule has 1 heterocycles. The van der Waals surface area contributed by atoms with Crippen LogP contribution in [0.15, 0.2) is 65.8 Å². The molecule has 1 fully saturated rings. The molecule has 158 valence electrons. The third-order valence-electron chi connectivity index (χ3n) is 4.79. The van der Waals surface area contributed by atoms with Gasteiger partial charge in [0.1, 0.15) is 6.10 Å². The topological polar surface area (TPSA) is 103 Å². The average molecular weight is 411 g/mol. The number of rotatable bonds is 8. The van der Waals surface area contributed by atoms with E-state index < -0.39 is 36.6 Å². The molecule has 0 bridgehead atoms. The second-order valence-electron chi connectivity index (χ2n) is 7.04. The third kappa shape index (κ3) is 5.81. The predicted molar refractivity (Wildman–Crippen MR) is 109 cm³/mol. The number of benzene rings is 2. The summed E-state index contributed by atoms with van der Waals surface area (Å²) >= 11 is 0. The van der Waals surface area contributed by atoms with E-state index >= 15 is 0 Å². The fourth-order valence-electron chi connectivity index (χ4n) is 3.39. The van der Waals surface area contributed by atoms with Crippen molar-refractivity contribution in [2.75, 3.05) is 0 Å². The number of hydrogen-bond acceptors (Lipinski definition) is 6. The van der Waals surface area contributed by atoms with E-state index in [1.165, 1.54) is 6.92 Å². The Morgan fingerprint density at radius 1 is 1.00 bits per heavy atom. The van der Waals surface area contributed by atoms with Gasteiger partial charge in [-0.3, -0.25) is 4.79 Å². The maximum Gasteiger partial charge on any atom is 0.305 e. The van der Waals surface area contributed by atoms with Crippen molar-refractivity contribution < 1.29 is 23.7 Å². The van der Waals surface area contributed by atoms with Crippen LogP contribution in [0.1, 0.15) is 25.0 Å². The molecule has 0 spiro atoms. The minimum Gasteiger partial charge on any atom is -0.433 e. The number of carbonyl (C=O) groups excluding carboxylic acids is 1. The number of carbonyl (C=O) groups is 1. The van der Waals surface area contributed by atoms with Gasteiger partial charge < -0.3 is 18.9 Å². The van der Waals surface area contributed by atoms with Crippen LogP contribution >= 0.6 is 0 Å². The second-order valence-corrected chi connectivity index (χ2v) is 7.04. The molecule has 5 atom stereocenters. The van der Waals surface area contributed by atoms with E-state index in [1.807, 2.05) is 60.7 Å². The van der Waals surface area contributed by atoms with Crippen LogP contribution in [0.3, 0.4) is 0 Å². The van der Waals surface area contributed by atoms with Gasteiger partial charge >= 0.3 is 5.97 Å². The van der Waals surface area contributed by atoms with Gasteiger partial charge in [-0.2, -0.15) is 0 Å². The van der Waals surface area contributed by atoms with Gasteiger partial charge in [-0.05, 0) is 23.6 Å². The lowest BCUT2D eigenvalue weighted by Crippen LogP contribution is -2.58. The second kappa shape index (κ2) is 10.8. The number of hydrogen-bond donors (Lipinski definition) is 0. The molecule has 3 rings (SSSR count). The molecule has 2 aromatic carbocycles. The molecule has 1 saturated heterocycles. The molecule has 0 amide bonds. The summed E-state index contributed by atoms with van der Waals surface area (Å²) in [5, 5.41) is 3.94. The summed E-state index contributed by atoms with van der Waals surface area (Å²) in [5.74, 6) is -0.510. The molecular weight excluding hydrogens is 386 g/mol. The molecule has 2 aromatic rings. The Morgan fingerprint density at radius 3 is 2.03 bits per heavy atom. The maximum absolute atomic E-state index is 11.6. The Kier molecular flexibility index (Phi) is 7.82. The molecule has 8 heteroatoms. The van der Waals surface area contributed by atoms with E-state index in [9.17, 15) is 10.3 Å². The van der Waals surface area contributed by atoms with Crippen LogP contribution in [-0.4, -0.2) is 36.6 Å². The monoisotopic (exact) mass is 411 g/mol. The van der Waals surface area contributed by atoms with Crippen molar-refractivity contribution in [2.24, 2.45) is 5.11 Å². The minimum atomic E-state index is -1.01. The van der Waals surface area contributed by atoms with Gasteiger partial charge in [-0.15, -0.1) is 0 Å². The van der Waals surface area contributed by atoms with Crippen molar-refractivity contribution in [1.82, 2.24) is 0 Å². The van der Waals surface area contributed by atoms with E-state index in [-0.39, 0.29) is 6.61 Å². The molecule has 0 aliphatic carbocycles. The zero-order valence-electron chi connectivity index (χ0n) is 17.0. The van der Waals surface area contributed by atoms with E-state index in [1.54, 1.807) is 6.92 Å². The van der Waals surface area contributed by atoms with Crippen molar-refractivity contribution >= 4 is 5.97 Å². The summed E-state index contributed by atoms with van der Waals surface area (Å²) in [5.41, 5.74) is 11.1. The van der Waals surface area contributed by atoms with Gasteiger partial charge in [-0.25, -0.2) is 0 Å². The molecular formula is C22H25N3O5. The van der Waals surface area contributed by atoms with E-state index in [4.69, 9.17) is 18.9 Å². The van der Waals surface area contributed by atoms with E-state index in [2.05, 4.69) is 10.0 Å². The normalized spacial score (nSPS) is 25.9. The Morgan fingerprint density at radius 2 is 1.53 bits per heavy atom. The SMILES string of the molecule is CC(=O)O[C@@H]1O[C@@H](C)[C@@H](OCc2ccccc2)[C@@H](N=[N+]=[N-])[C@@H]1OCc1ccccc1. The highest BCUT2D eigenvalue weighted by molar-refractivity contribution is 5.66. The molecule has 30 heavy (non-hydrogen) atoms. The fraction of sp³-hybridized carbons (Fsp3) is 0.409. The van der Waals surface area contributed by atoms with Gasteiger partial charge in [0.15, 0.2) is 0 Å². The molecule has 0 saturated carbocycles. The first-order chi connectivity index (χ1) is 14.6. The van der Waals surface area contributed by atoms with E-state index in [0.717, 1.165) is 11.1 Å². The summed E-state index contributed by atoms with van der Waals surface area (Å²) in [4.78, 5) is 14.6. The largest absolute Gasteiger partial charge is 0.433 e. The molecule has 8 nitrogen and oxygen atoms in total. The minimum absolute atomic E-state index is 0.240. The first-order valence-electron chi connectivity index (χ1n) is 9.76. The van der Waals surface area contributed by atoms with E-state index in [0.29, 0.717) is 6.61 Å². The average Bonchev–Trinajstić information content (AvgIpc) is 2.74. The first-order valence-corrected chi connectivity index (χ1v) is 9.76. The zero-order chi connectivity index (χ0) is 21.3. The summed E-state index contributed by atoms with van der Waals surface area (Å²) in [6, 6.07) is 18.5. The van der Waals surface area contributed by atoms with Crippen LogP contribution in [0.25, 0.3) is 10.4 Å². The summed E-state index contributed by atoms with van der Waals surface area (Å²) in [7, 11) is 0. The van der Waals surface area contributed by atoms with Crippen molar-refractivity contribution in [3.05, 3.63) is 82.2 Å². The van der Waals surface area contributed by atoms with Gasteiger partial charge in [0.05, 0.1) is 31.5 Å². The Bertz CT molecular complexity index is 858. The molecule has 0 radical (unpaired) electrons. The Balaban J connectivity index is 1.80. The van der Waals surface area contributed by atoms with Crippen molar-refractivity contribution in [2.45, 2.75) is 57.7 Å². The molecule has 0 aromatic heterocycles. The highest BCUT2D eigenvalue weighted by Gasteiger charge is 2.47. The standard InChI is InChI=1S/C22H25N3O5/c1-15-20(27-13-17-9-5-3-6-10-17)19(24-25-23)21(22(29-15)30-16(2)26)28-14-18-11-7-4-8-12-18/h3-12,15,19-22H,13-14H2,1-2H3/t15-,19+,20+,21-,22-/m0/s1. The lowest BCUT2D eigenvalue weighted by molar-refractivity contribution is -0.276. The number of esters is 1. The quantitative estimate of drug-likeness (QED) is 0.281. The van der Waals surface area contributed by atoms with Crippen LogP contribution in [0.4, 0.5) is 0 Å². The van der Waals surface area contributed by atoms with Crippen molar-refractivity contribution in [3.63, 3.8) is 0 Å². The first kappa shape index (κ1) is 21.8. The smallest absolute Gasteiger partial charge is 0.305 e. The lowest BCUT2D eigenvalue weighted by Gasteiger charge is -2.43. The Labute approximate surface area is 175 Å². The molecule has 0 N–H and O–H groups in total. The summed E-state index contributed by atoms with van der Waals surface area (Å²) in [6.45, 7) is 3.65. The van der Waals surface area contributed by atoms with Crippen LogP contribution in [-0.2, 0) is 37.0 Å². The zero-order valence-corrected chi connectivity index (χ0v) is 17.0. The van der Waals surface area contributed by atoms with Gasteiger partial charge in [0.25, 0.3) is 0 Å². The molecule has 1 aliphatic rings. The van der Waals surface area contributed by atoms with Crippen LogP contribution in [0.5, 0.6) is 0 Å². The predicted octanol–water partition coefficient (Wildman–Crippen LogP) is 4.14. The van der Waals surface area contributed by atoms with Crippen LogP contribution in [0.2, 0.25) is 0 Å². The van der Waals surface area contributed by atoms with Gasteiger partial charge in [-0.1, -0.05) is 65.8 Å². The summed E-state index contributed by atoms with van der Waals surface area (Å²) < 4.78 is 23.3. The van der Waals surface area contributed by atoms with Crippen LogP contribution < -0.4 is 0 Å². The summed E-state index contributed by atoms with van der Waals surface area (Å²) in [6.07, 6.45) is -2.88. The van der Waals surface area contributed by atoms with Gasteiger partial charge in [0, 0.05) is 11.8 Å². The van der Waals surface area contributed by atoms with Gasteiger partial charge in [0.2, 0.25) is 6.29 Å². The number of nitrogens with zero attached hydrogens (tertiary/aromatic N) is 3. The highest BCUT2D eigenvalue weighted by atomic mass is 16.7. The van der Waals surface area contributed by atoms with Crippen molar-refractivity contribution in [1.29, 1.82) is 0 Å². The fourth-order valence-corrected chi connectivity index (χ4v) is 3.39. The van der Waals surface area contributed by atoms with Crippen molar-refractivity contribution in [3.8, 4) is 0 Å². The maximum atomic E-state index is 11.6. The highest BCUT2D eigenvalue weighted by Crippen LogP contribution is 2.30. The molecule has 1 aliphatic heterocycles. The number of ether oxygens (including phenoxy) is 4. The number of azide groups is 1. The Hall–Kier alpha value is -2.90. The third-order valence-corrected chi connectivity index (χ3v) is 4.79.